The highest BCUT2D eigenvalue weighted by molar-refractivity contribution is 5.95. The minimum Gasteiger partial charge on any atom is -0.497 e. The van der Waals surface area contributed by atoms with E-state index in [9.17, 15) is 9.59 Å². The van der Waals surface area contributed by atoms with Crippen LogP contribution in [0.15, 0.2) is 48.5 Å². The first-order valence-corrected chi connectivity index (χ1v) is 8.14. The van der Waals surface area contributed by atoms with Gasteiger partial charge in [-0.05, 0) is 24.3 Å². The van der Waals surface area contributed by atoms with Crippen molar-refractivity contribution in [2.45, 2.75) is 6.10 Å². The largest absolute Gasteiger partial charge is 0.497 e. The third-order valence-corrected chi connectivity index (χ3v) is 3.89. The van der Waals surface area contributed by atoms with Crippen LogP contribution >= 0.6 is 0 Å². The number of fused-ring (bicyclic) bond motifs is 1. The monoisotopic (exact) mass is 356 g/mol. The van der Waals surface area contributed by atoms with Crippen LogP contribution in [-0.4, -0.2) is 50.1 Å². The van der Waals surface area contributed by atoms with Crippen LogP contribution in [0.25, 0.3) is 0 Å². The van der Waals surface area contributed by atoms with Gasteiger partial charge in [0.05, 0.1) is 13.7 Å². The molecule has 2 aromatic rings. The lowest BCUT2D eigenvalue weighted by molar-refractivity contribution is -0.141. The first kappa shape index (κ1) is 17.6. The zero-order valence-electron chi connectivity index (χ0n) is 14.6. The van der Waals surface area contributed by atoms with Crippen LogP contribution in [0, 0.1) is 0 Å². The van der Waals surface area contributed by atoms with Gasteiger partial charge in [-0.3, -0.25) is 9.59 Å². The Bertz CT molecular complexity index is 808. The second-order valence-corrected chi connectivity index (χ2v) is 5.84. The summed E-state index contributed by atoms with van der Waals surface area (Å²) in [6.45, 7) is 0.00917. The third kappa shape index (κ3) is 4.05. The second kappa shape index (κ2) is 7.77. The van der Waals surface area contributed by atoms with Gasteiger partial charge in [-0.25, -0.2) is 0 Å². The molecule has 2 aromatic carbocycles. The maximum atomic E-state index is 12.5. The van der Waals surface area contributed by atoms with Crippen LogP contribution in [0.4, 0.5) is 5.69 Å². The van der Waals surface area contributed by atoms with E-state index >= 15 is 0 Å². The molecule has 1 N–H and O–H groups in total. The Hall–Kier alpha value is -3.22. The topological polar surface area (TPSA) is 77.1 Å². The zero-order valence-corrected chi connectivity index (χ0v) is 14.6. The fourth-order valence-electron chi connectivity index (χ4n) is 2.58. The lowest BCUT2D eigenvalue weighted by Crippen LogP contribution is -2.47. The van der Waals surface area contributed by atoms with Crippen molar-refractivity contribution >= 4 is 17.5 Å². The van der Waals surface area contributed by atoms with E-state index in [2.05, 4.69) is 5.32 Å². The molecule has 1 aliphatic rings. The molecule has 7 nitrogen and oxygen atoms in total. The first-order valence-electron chi connectivity index (χ1n) is 8.14. The molecule has 0 spiro atoms. The molecule has 0 bridgehead atoms. The number of rotatable bonds is 5. The number of carbonyl (C=O) groups excluding carboxylic acids is 2. The van der Waals surface area contributed by atoms with Crippen LogP contribution in [-0.2, 0) is 9.59 Å². The summed E-state index contributed by atoms with van der Waals surface area (Å²) in [4.78, 5) is 26.0. The quantitative estimate of drug-likeness (QED) is 0.886. The molecule has 136 valence electrons. The van der Waals surface area contributed by atoms with Crippen molar-refractivity contribution < 1.29 is 23.8 Å². The summed E-state index contributed by atoms with van der Waals surface area (Å²) >= 11 is 0. The SMILES string of the molecule is COc1cccc(NC(=O)CN(C)C(=O)[C@H]2COc3ccccc3O2)c1. The van der Waals surface area contributed by atoms with Gasteiger partial charge in [0.2, 0.25) is 12.0 Å². The number of hydrogen-bond acceptors (Lipinski definition) is 5. The van der Waals surface area contributed by atoms with Crippen molar-refractivity contribution in [3.63, 3.8) is 0 Å². The van der Waals surface area contributed by atoms with E-state index < -0.39 is 6.10 Å². The van der Waals surface area contributed by atoms with Gasteiger partial charge in [-0.15, -0.1) is 0 Å². The van der Waals surface area contributed by atoms with Crippen molar-refractivity contribution in [3.05, 3.63) is 48.5 Å². The number of likely N-dealkylation sites (N-methyl/N-ethyl adjacent to an activating group) is 1. The van der Waals surface area contributed by atoms with Crippen LogP contribution in [0.2, 0.25) is 0 Å². The molecule has 3 rings (SSSR count). The molecule has 1 aliphatic heterocycles. The minimum atomic E-state index is -0.778. The summed E-state index contributed by atoms with van der Waals surface area (Å²) in [5.41, 5.74) is 0.598. The number of carbonyl (C=O) groups is 2. The Balaban J connectivity index is 1.56. The average Bonchev–Trinajstić information content (AvgIpc) is 2.67. The Labute approximate surface area is 151 Å². The highest BCUT2D eigenvalue weighted by Gasteiger charge is 2.30. The first-order chi connectivity index (χ1) is 12.6. The van der Waals surface area contributed by atoms with Crippen molar-refractivity contribution in [3.8, 4) is 17.2 Å². The number of methoxy groups -OCH3 is 1. The van der Waals surface area contributed by atoms with Gasteiger partial charge in [-0.2, -0.15) is 0 Å². The van der Waals surface area contributed by atoms with Crippen molar-refractivity contribution in [1.82, 2.24) is 4.90 Å². The van der Waals surface area contributed by atoms with E-state index in [-0.39, 0.29) is 25.0 Å². The fourth-order valence-corrected chi connectivity index (χ4v) is 2.58. The number of nitrogens with one attached hydrogen (secondary N) is 1. The van der Waals surface area contributed by atoms with Gasteiger partial charge in [0.25, 0.3) is 5.91 Å². The van der Waals surface area contributed by atoms with E-state index in [0.717, 1.165) is 0 Å². The molecule has 1 heterocycles. The maximum Gasteiger partial charge on any atom is 0.267 e. The molecule has 1 atom stereocenters. The predicted octanol–water partition coefficient (Wildman–Crippen LogP) is 1.93. The van der Waals surface area contributed by atoms with Crippen molar-refractivity contribution in [2.75, 3.05) is 32.6 Å². The van der Waals surface area contributed by atoms with E-state index in [0.29, 0.717) is 22.9 Å². The van der Waals surface area contributed by atoms with E-state index in [1.165, 1.54) is 4.90 Å². The molecule has 26 heavy (non-hydrogen) atoms. The average molecular weight is 356 g/mol. The van der Waals surface area contributed by atoms with Crippen molar-refractivity contribution in [1.29, 1.82) is 0 Å². The number of amides is 2. The molecule has 0 aliphatic carbocycles. The lowest BCUT2D eigenvalue weighted by Gasteiger charge is -2.28. The Kier molecular flexibility index (Phi) is 5.26. The van der Waals surface area contributed by atoms with Crippen LogP contribution in [0.1, 0.15) is 0 Å². The van der Waals surface area contributed by atoms with E-state index in [1.807, 2.05) is 6.07 Å². The van der Waals surface area contributed by atoms with Gasteiger partial charge in [-0.1, -0.05) is 18.2 Å². The number of para-hydroxylation sites is 2. The second-order valence-electron chi connectivity index (χ2n) is 5.84. The lowest BCUT2D eigenvalue weighted by atomic mass is 10.2. The standard InChI is InChI=1S/C19H20N2O5/c1-21(11-18(22)20-13-6-5-7-14(10-13)24-2)19(23)17-12-25-15-8-3-4-9-16(15)26-17/h3-10,17H,11-12H2,1-2H3,(H,20,22)/t17-/m1/s1. The molecule has 0 unspecified atom stereocenters. The smallest absolute Gasteiger partial charge is 0.267 e. The van der Waals surface area contributed by atoms with Crippen molar-refractivity contribution in [2.24, 2.45) is 0 Å². The molecule has 0 radical (unpaired) electrons. The molecular weight excluding hydrogens is 336 g/mol. The molecular formula is C19H20N2O5. The maximum absolute atomic E-state index is 12.5. The number of benzene rings is 2. The summed E-state index contributed by atoms with van der Waals surface area (Å²) in [6, 6.07) is 14.2. The highest BCUT2D eigenvalue weighted by atomic mass is 16.6. The zero-order chi connectivity index (χ0) is 18.5. The molecule has 0 saturated carbocycles. The van der Waals surface area contributed by atoms with Crippen LogP contribution in [0.5, 0.6) is 17.2 Å². The fraction of sp³-hybridized carbons (Fsp3) is 0.263. The van der Waals surface area contributed by atoms with Gasteiger partial charge < -0.3 is 24.4 Å². The molecule has 7 heteroatoms. The normalized spacial score (nSPS) is 15.1. The van der Waals surface area contributed by atoms with E-state index in [1.54, 1.807) is 56.6 Å². The molecule has 0 aromatic heterocycles. The summed E-state index contributed by atoms with van der Waals surface area (Å²) < 4.78 is 16.3. The third-order valence-electron chi connectivity index (χ3n) is 3.89. The summed E-state index contributed by atoms with van der Waals surface area (Å²) in [5.74, 6) is 1.13. The number of ether oxygens (including phenoxy) is 3. The van der Waals surface area contributed by atoms with Crippen LogP contribution in [0.3, 0.4) is 0 Å². The summed E-state index contributed by atoms with van der Waals surface area (Å²) in [7, 11) is 3.11. The minimum absolute atomic E-state index is 0.0997. The number of nitrogens with zero attached hydrogens (tertiary/aromatic N) is 1. The van der Waals surface area contributed by atoms with Gasteiger partial charge in [0.15, 0.2) is 11.5 Å². The van der Waals surface area contributed by atoms with E-state index in [4.69, 9.17) is 14.2 Å². The molecule has 0 fully saturated rings. The number of hydrogen-bond donors (Lipinski definition) is 1. The number of anilines is 1. The Morgan fingerprint density at radius 2 is 1.96 bits per heavy atom. The molecule has 0 saturated heterocycles. The summed E-state index contributed by atoms with van der Waals surface area (Å²) in [6.07, 6.45) is -0.778. The van der Waals surface area contributed by atoms with Crippen LogP contribution < -0.4 is 19.5 Å². The highest BCUT2D eigenvalue weighted by Crippen LogP contribution is 2.31. The molecule has 2 amide bonds. The predicted molar refractivity (Wildman–Crippen MR) is 95.6 cm³/mol. The van der Waals surface area contributed by atoms with Gasteiger partial charge in [0.1, 0.15) is 12.4 Å². The van der Waals surface area contributed by atoms with Gasteiger partial charge in [0, 0.05) is 18.8 Å². The summed E-state index contributed by atoms with van der Waals surface area (Å²) in [5, 5.41) is 2.74. The Morgan fingerprint density at radius 3 is 2.73 bits per heavy atom. The Morgan fingerprint density at radius 1 is 1.19 bits per heavy atom. The van der Waals surface area contributed by atoms with Gasteiger partial charge >= 0.3 is 0 Å².